The van der Waals surface area contributed by atoms with Crippen LogP contribution in [0.1, 0.15) is 35.3 Å². The zero-order valence-corrected chi connectivity index (χ0v) is 16.9. The number of rotatable bonds is 7. The summed E-state index contributed by atoms with van der Waals surface area (Å²) in [5.41, 5.74) is 2.52. The average molecular weight is 404 g/mol. The Bertz CT molecular complexity index is 886. The molecule has 0 bridgehead atoms. The lowest BCUT2D eigenvalue weighted by atomic mass is 10.1. The molecule has 0 aliphatic carbocycles. The Kier molecular flexibility index (Phi) is 7.18. The summed E-state index contributed by atoms with van der Waals surface area (Å²) in [4.78, 5) is 35.7. The maximum absolute atomic E-state index is 12.2. The van der Waals surface area contributed by atoms with Crippen LogP contribution in [0.25, 0.3) is 0 Å². The fourth-order valence-corrected chi connectivity index (χ4v) is 2.93. The van der Waals surface area contributed by atoms with Crippen molar-refractivity contribution >= 4 is 34.9 Å². The molecular formula is C21H22ClNO5. The van der Waals surface area contributed by atoms with E-state index < -0.39 is 18.0 Å². The van der Waals surface area contributed by atoms with Gasteiger partial charge in [0.2, 0.25) is 0 Å². The smallest absolute Gasteiger partial charge is 0.344 e. The average Bonchev–Trinajstić information content (AvgIpc) is 2.60. The molecular weight excluding hydrogens is 382 g/mol. The number of Topliss-reactive ketones (excluding diaryl/α,β-unsaturated/α-hetero) is 1. The lowest BCUT2D eigenvalue weighted by Crippen LogP contribution is -2.31. The van der Waals surface area contributed by atoms with Gasteiger partial charge in [-0.25, -0.2) is 4.79 Å². The first kappa shape index (κ1) is 21.4. The lowest BCUT2D eigenvalue weighted by molar-refractivity contribution is -0.155. The van der Waals surface area contributed by atoms with Crippen LogP contribution in [0.2, 0.25) is 5.02 Å². The zero-order chi connectivity index (χ0) is 20.8. The number of esters is 1. The Balaban J connectivity index is 1.90. The molecule has 0 saturated carbocycles. The molecule has 1 atom stereocenters. The van der Waals surface area contributed by atoms with Crippen molar-refractivity contribution in [2.24, 2.45) is 0 Å². The molecule has 0 aliphatic heterocycles. The molecule has 28 heavy (non-hydrogen) atoms. The molecule has 0 saturated heterocycles. The van der Waals surface area contributed by atoms with Crippen molar-refractivity contribution in [2.75, 3.05) is 11.9 Å². The van der Waals surface area contributed by atoms with E-state index >= 15 is 0 Å². The van der Waals surface area contributed by atoms with Crippen molar-refractivity contribution in [1.82, 2.24) is 0 Å². The summed E-state index contributed by atoms with van der Waals surface area (Å²) in [6, 6.07) is 9.99. The predicted octanol–water partition coefficient (Wildman–Crippen LogP) is 4.11. The van der Waals surface area contributed by atoms with Gasteiger partial charge in [0.25, 0.3) is 5.91 Å². The Morgan fingerprint density at radius 2 is 1.75 bits per heavy atom. The first-order valence-corrected chi connectivity index (χ1v) is 9.06. The number of nitrogens with one attached hydrogen (secondary N) is 1. The fraction of sp³-hybridized carbons (Fsp3) is 0.286. The molecule has 0 aromatic heterocycles. The molecule has 0 radical (unpaired) electrons. The van der Waals surface area contributed by atoms with Gasteiger partial charge < -0.3 is 14.8 Å². The molecule has 0 fully saturated rings. The number of carbonyl (C=O) groups is 3. The van der Waals surface area contributed by atoms with Crippen LogP contribution in [-0.2, 0) is 14.3 Å². The number of halogens is 1. The predicted molar refractivity (Wildman–Crippen MR) is 107 cm³/mol. The van der Waals surface area contributed by atoms with E-state index in [1.165, 1.54) is 13.8 Å². The standard InChI is InChI=1S/C21H22ClNO5/c1-12-8-17(22)9-13(2)20(12)27-11-19(25)28-15(4)21(26)23-18-7-5-6-16(10-18)14(3)24/h5-10,15H,11H2,1-4H3,(H,23,26)/t15-/m1/s1. The molecule has 2 aromatic carbocycles. The van der Waals surface area contributed by atoms with E-state index in [1.54, 1.807) is 36.4 Å². The van der Waals surface area contributed by atoms with Gasteiger partial charge in [0.05, 0.1) is 0 Å². The van der Waals surface area contributed by atoms with Gasteiger partial charge in [-0.2, -0.15) is 0 Å². The second-order valence-electron chi connectivity index (χ2n) is 6.42. The van der Waals surface area contributed by atoms with E-state index in [9.17, 15) is 14.4 Å². The third-order valence-corrected chi connectivity index (χ3v) is 4.19. The fourth-order valence-electron chi connectivity index (χ4n) is 2.60. The maximum atomic E-state index is 12.2. The van der Waals surface area contributed by atoms with E-state index in [1.807, 2.05) is 13.8 Å². The number of amides is 1. The van der Waals surface area contributed by atoms with Crippen molar-refractivity contribution in [2.45, 2.75) is 33.8 Å². The van der Waals surface area contributed by atoms with Crippen LogP contribution in [-0.4, -0.2) is 30.4 Å². The summed E-state index contributed by atoms with van der Waals surface area (Å²) >= 11 is 5.97. The number of anilines is 1. The van der Waals surface area contributed by atoms with Crippen LogP contribution in [0.3, 0.4) is 0 Å². The van der Waals surface area contributed by atoms with Crippen molar-refractivity contribution in [3.8, 4) is 5.75 Å². The largest absolute Gasteiger partial charge is 0.481 e. The Hall–Kier alpha value is -2.86. The first-order chi connectivity index (χ1) is 13.2. The van der Waals surface area contributed by atoms with Gasteiger partial charge in [0.1, 0.15) is 5.75 Å². The second kappa shape index (κ2) is 9.37. The molecule has 7 heteroatoms. The van der Waals surface area contributed by atoms with Crippen molar-refractivity contribution in [3.63, 3.8) is 0 Å². The van der Waals surface area contributed by atoms with E-state index in [0.717, 1.165) is 11.1 Å². The highest BCUT2D eigenvalue weighted by molar-refractivity contribution is 6.30. The lowest BCUT2D eigenvalue weighted by Gasteiger charge is -2.15. The number of aryl methyl sites for hydroxylation is 2. The summed E-state index contributed by atoms with van der Waals surface area (Å²) in [6.07, 6.45) is -1.02. The third kappa shape index (κ3) is 5.82. The highest BCUT2D eigenvalue weighted by Crippen LogP contribution is 2.27. The minimum Gasteiger partial charge on any atom is -0.481 e. The maximum Gasteiger partial charge on any atom is 0.344 e. The van der Waals surface area contributed by atoms with Gasteiger partial charge in [-0.3, -0.25) is 9.59 Å². The number of benzene rings is 2. The van der Waals surface area contributed by atoms with Crippen LogP contribution in [0.5, 0.6) is 5.75 Å². The van der Waals surface area contributed by atoms with Crippen LogP contribution in [0, 0.1) is 13.8 Å². The topological polar surface area (TPSA) is 81.7 Å². The van der Waals surface area contributed by atoms with E-state index in [-0.39, 0.29) is 12.4 Å². The Labute approximate surface area is 168 Å². The van der Waals surface area contributed by atoms with Crippen LogP contribution in [0.15, 0.2) is 36.4 Å². The minimum absolute atomic E-state index is 0.111. The second-order valence-corrected chi connectivity index (χ2v) is 6.85. The molecule has 0 heterocycles. The minimum atomic E-state index is -1.02. The van der Waals surface area contributed by atoms with Gasteiger partial charge in [0.15, 0.2) is 18.5 Å². The highest BCUT2D eigenvalue weighted by Gasteiger charge is 2.19. The molecule has 1 amide bonds. The van der Waals surface area contributed by atoms with Gasteiger partial charge in [-0.15, -0.1) is 0 Å². The van der Waals surface area contributed by atoms with Crippen molar-refractivity contribution < 1.29 is 23.9 Å². The molecule has 148 valence electrons. The Morgan fingerprint density at radius 1 is 1.11 bits per heavy atom. The van der Waals surface area contributed by atoms with Gasteiger partial charge in [0, 0.05) is 16.3 Å². The van der Waals surface area contributed by atoms with Crippen LogP contribution in [0.4, 0.5) is 5.69 Å². The third-order valence-electron chi connectivity index (χ3n) is 3.97. The summed E-state index contributed by atoms with van der Waals surface area (Å²) in [5, 5.41) is 3.20. The van der Waals surface area contributed by atoms with Crippen molar-refractivity contribution in [1.29, 1.82) is 0 Å². The Morgan fingerprint density at radius 3 is 2.36 bits per heavy atom. The molecule has 0 unspecified atom stereocenters. The first-order valence-electron chi connectivity index (χ1n) is 8.68. The number of carbonyl (C=O) groups excluding carboxylic acids is 3. The summed E-state index contributed by atoms with van der Waals surface area (Å²) < 4.78 is 10.6. The normalized spacial score (nSPS) is 11.5. The van der Waals surface area contributed by atoms with Crippen LogP contribution < -0.4 is 10.1 Å². The van der Waals surface area contributed by atoms with E-state index in [4.69, 9.17) is 21.1 Å². The van der Waals surface area contributed by atoms with Crippen molar-refractivity contribution in [3.05, 3.63) is 58.1 Å². The number of ether oxygens (including phenoxy) is 2. The number of hydrogen-bond donors (Lipinski definition) is 1. The van der Waals surface area contributed by atoms with Gasteiger partial charge >= 0.3 is 5.97 Å². The quantitative estimate of drug-likeness (QED) is 0.555. The monoisotopic (exact) mass is 403 g/mol. The molecule has 2 rings (SSSR count). The molecule has 0 spiro atoms. The molecule has 0 aliphatic rings. The van der Waals surface area contributed by atoms with Gasteiger partial charge in [-0.05, 0) is 63.1 Å². The molecule has 1 N–H and O–H groups in total. The SMILES string of the molecule is CC(=O)c1cccc(NC(=O)[C@@H](C)OC(=O)COc2c(C)cc(Cl)cc2C)c1. The van der Waals surface area contributed by atoms with Crippen LogP contribution >= 0.6 is 11.6 Å². The number of ketones is 1. The summed E-state index contributed by atoms with van der Waals surface area (Å²) in [5.74, 6) is -0.734. The molecule has 6 nitrogen and oxygen atoms in total. The summed E-state index contributed by atoms with van der Waals surface area (Å²) in [7, 11) is 0. The molecule has 2 aromatic rings. The summed E-state index contributed by atoms with van der Waals surface area (Å²) in [6.45, 7) is 6.21. The number of hydrogen-bond acceptors (Lipinski definition) is 5. The van der Waals surface area contributed by atoms with E-state index in [0.29, 0.717) is 22.0 Å². The zero-order valence-electron chi connectivity index (χ0n) is 16.2. The van der Waals surface area contributed by atoms with Gasteiger partial charge in [-0.1, -0.05) is 23.7 Å². The van der Waals surface area contributed by atoms with E-state index in [2.05, 4.69) is 5.32 Å². The highest BCUT2D eigenvalue weighted by atomic mass is 35.5.